The van der Waals surface area contributed by atoms with E-state index in [-0.39, 0.29) is 5.91 Å². The molecule has 0 radical (unpaired) electrons. The molecule has 1 aromatic rings. The number of thioether (sulfide) groups is 1. The molecular formula is C19H27ClN2O2S. The molecule has 0 spiro atoms. The lowest BCUT2D eigenvalue weighted by Crippen LogP contribution is -2.51. The minimum Gasteiger partial charge on any atom is -0.379 e. The third-order valence-electron chi connectivity index (χ3n) is 4.96. The van der Waals surface area contributed by atoms with Crippen LogP contribution < -0.4 is 0 Å². The Hall–Kier alpha value is -0.750. The van der Waals surface area contributed by atoms with Crippen LogP contribution in [0.5, 0.6) is 0 Å². The number of hydrogen-bond acceptors (Lipinski definition) is 4. The lowest BCUT2D eigenvalue weighted by Gasteiger charge is -2.39. The molecule has 2 heterocycles. The van der Waals surface area contributed by atoms with Crippen LogP contribution in [0.25, 0.3) is 0 Å². The van der Waals surface area contributed by atoms with Crippen LogP contribution in [-0.2, 0) is 15.3 Å². The average molecular weight is 383 g/mol. The molecule has 2 aliphatic rings. The maximum absolute atomic E-state index is 12.8. The van der Waals surface area contributed by atoms with Crippen LogP contribution in [0.3, 0.4) is 0 Å². The summed E-state index contributed by atoms with van der Waals surface area (Å²) in [6.07, 6.45) is 3.48. The number of carbonyl (C=O) groups is 1. The molecule has 25 heavy (non-hydrogen) atoms. The number of ether oxygens (including phenoxy) is 1. The molecule has 0 saturated carbocycles. The van der Waals surface area contributed by atoms with Crippen molar-refractivity contribution in [2.75, 3.05) is 45.1 Å². The second-order valence-corrected chi connectivity index (χ2v) is 8.13. The molecule has 0 N–H and O–H groups in total. The molecule has 0 bridgehead atoms. The number of nitrogens with zero attached hydrogens (tertiary/aromatic N) is 2. The van der Waals surface area contributed by atoms with Gasteiger partial charge < -0.3 is 9.64 Å². The van der Waals surface area contributed by atoms with Gasteiger partial charge in [-0.2, -0.15) is 0 Å². The number of carbonyl (C=O) groups excluding carboxylic acids is 1. The Labute approximate surface area is 159 Å². The summed E-state index contributed by atoms with van der Waals surface area (Å²) in [6.45, 7) is 5.49. The fourth-order valence-corrected chi connectivity index (χ4v) is 4.74. The van der Waals surface area contributed by atoms with E-state index < -0.39 is 0 Å². The topological polar surface area (TPSA) is 32.8 Å². The first-order chi connectivity index (χ1) is 12.2. The number of amides is 1. The summed E-state index contributed by atoms with van der Waals surface area (Å²) in [4.78, 5) is 17.3. The second-order valence-electron chi connectivity index (χ2n) is 6.73. The Morgan fingerprint density at radius 1 is 1.20 bits per heavy atom. The van der Waals surface area contributed by atoms with E-state index in [4.69, 9.17) is 16.3 Å². The summed E-state index contributed by atoms with van der Waals surface area (Å²) >= 11 is 7.86. The number of piperidine rings is 1. The van der Waals surface area contributed by atoms with Crippen LogP contribution in [0.4, 0.5) is 0 Å². The molecular weight excluding hydrogens is 356 g/mol. The Balaban J connectivity index is 1.49. The highest BCUT2D eigenvalue weighted by molar-refractivity contribution is 7.99. The zero-order chi connectivity index (χ0) is 17.5. The van der Waals surface area contributed by atoms with E-state index >= 15 is 0 Å². The lowest BCUT2D eigenvalue weighted by molar-refractivity contribution is -0.132. The zero-order valence-electron chi connectivity index (χ0n) is 14.7. The molecule has 3 rings (SSSR count). The molecule has 0 aromatic heterocycles. The van der Waals surface area contributed by atoms with Gasteiger partial charge in [0.1, 0.15) is 0 Å². The van der Waals surface area contributed by atoms with Gasteiger partial charge in [0, 0.05) is 43.0 Å². The molecule has 1 aromatic carbocycles. The normalized spacial score (nSPS) is 22.1. The van der Waals surface area contributed by atoms with Crippen LogP contribution in [0, 0.1) is 0 Å². The second kappa shape index (κ2) is 9.81. The lowest BCUT2D eigenvalue weighted by atomic mass is 10.0. The van der Waals surface area contributed by atoms with Crippen molar-refractivity contribution in [3.05, 3.63) is 34.9 Å². The molecule has 0 unspecified atom stereocenters. The van der Waals surface area contributed by atoms with Gasteiger partial charge in [-0.1, -0.05) is 29.8 Å². The number of halogens is 1. The summed E-state index contributed by atoms with van der Waals surface area (Å²) < 4.78 is 5.43. The molecule has 1 amide bonds. The number of morpholine rings is 1. The first-order valence-corrected chi connectivity index (χ1v) is 10.7. The van der Waals surface area contributed by atoms with Crippen molar-refractivity contribution < 1.29 is 9.53 Å². The summed E-state index contributed by atoms with van der Waals surface area (Å²) in [7, 11) is 0. The smallest absolute Gasteiger partial charge is 0.232 e. The van der Waals surface area contributed by atoms with Crippen molar-refractivity contribution >= 4 is 29.3 Å². The van der Waals surface area contributed by atoms with E-state index in [0.717, 1.165) is 68.6 Å². The highest BCUT2D eigenvalue weighted by atomic mass is 35.5. The Bertz CT molecular complexity index is 566. The average Bonchev–Trinajstić information content (AvgIpc) is 2.64. The van der Waals surface area contributed by atoms with Crippen LogP contribution in [0.15, 0.2) is 24.3 Å². The van der Waals surface area contributed by atoms with Crippen molar-refractivity contribution in [1.82, 2.24) is 9.80 Å². The molecule has 2 aliphatic heterocycles. The fraction of sp³-hybridized carbons (Fsp3) is 0.632. The molecule has 2 saturated heterocycles. The van der Waals surface area contributed by atoms with Crippen LogP contribution in [0.2, 0.25) is 5.02 Å². The van der Waals surface area contributed by atoms with Crippen molar-refractivity contribution in [1.29, 1.82) is 0 Å². The first kappa shape index (κ1) is 19.0. The quantitative estimate of drug-likeness (QED) is 0.755. The van der Waals surface area contributed by atoms with Gasteiger partial charge in [0.15, 0.2) is 0 Å². The third-order valence-corrected chi connectivity index (χ3v) is 6.30. The van der Waals surface area contributed by atoms with Gasteiger partial charge in [0.05, 0.1) is 19.0 Å². The maximum Gasteiger partial charge on any atom is 0.232 e. The molecule has 4 nitrogen and oxygen atoms in total. The van der Waals surface area contributed by atoms with E-state index in [1.54, 1.807) is 11.8 Å². The van der Waals surface area contributed by atoms with Gasteiger partial charge in [-0.3, -0.25) is 9.69 Å². The highest BCUT2D eigenvalue weighted by Crippen LogP contribution is 2.23. The highest BCUT2D eigenvalue weighted by Gasteiger charge is 2.28. The maximum atomic E-state index is 12.8. The van der Waals surface area contributed by atoms with E-state index in [0.29, 0.717) is 11.8 Å². The van der Waals surface area contributed by atoms with E-state index in [1.807, 2.05) is 24.3 Å². The van der Waals surface area contributed by atoms with Crippen molar-refractivity contribution in [2.24, 2.45) is 0 Å². The van der Waals surface area contributed by atoms with Gasteiger partial charge in [-0.05, 0) is 30.9 Å². The number of likely N-dealkylation sites (tertiary alicyclic amines) is 1. The molecule has 138 valence electrons. The summed E-state index contributed by atoms with van der Waals surface area (Å²) in [5.74, 6) is 1.59. The van der Waals surface area contributed by atoms with Crippen molar-refractivity contribution in [3.8, 4) is 0 Å². The zero-order valence-corrected chi connectivity index (χ0v) is 16.2. The summed E-state index contributed by atoms with van der Waals surface area (Å²) in [6, 6.07) is 8.22. The molecule has 6 heteroatoms. The minimum atomic E-state index is 0.273. The number of benzene rings is 1. The number of rotatable bonds is 6. The predicted octanol–water partition coefficient (Wildman–Crippen LogP) is 3.29. The fourth-order valence-electron chi connectivity index (χ4n) is 3.55. The van der Waals surface area contributed by atoms with Gasteiger partial charge in [0.2, 0.25) is 5.91 Å². The Kier molecular flexibility index (Phi) is 7.47. The van der Waals surface area contributed by atoms with Gasteiger partial charge in [-0.15, -0.1) is 11.8 Å². The molecule has 1 atom stereocenters. The van der Waals surface area contributed by atoms with Crippen molar-refractivity contribution in [3.63, 3.8) is 0 Å². The Morgan fingerprint density at radius 2 is 2.00 bits per heavy atom. The molecule has 0 aliphatic carbocycles. The standard InChI is InChI=1S/C19H27ClN2O2S/c20-18-7-2-1-5-16(18)14-25-15-19(23)22-8-4-3-6-17(22)13-21-9-11-24-12-10-21/h1-2,5,7,17H,3-4,6,8-15H2/t17-/m1/s1. The van der Waals surface area contributed by atoms with E-state index in [1.165, 1.54) is 6.42 Å². The van der Waals surface area contributed by atoms with Crippen molar-refractivity contribution in [2.45, 2.75) is 31.1 Å². The third kappa shape index (κ3) is 5.61. The Morgan fingerprint density at radius 3 is 2.80 bits per heavy atom. The van der Waals surface area contributed by atoms with Gasteiger partial charge in [-0.25, -0.2) is 0 Å². The first-order valence-electron chi connectivity index (χ1n) is 9.15. The van der Waals surface area contributed by atoms with Gasteiger partial charge >= 0.3 is 0 Å². The van der Waals surface area contributed by atoms with E-state index in [2.05, 4.69) is 9.80 Å². The SMILES string of the molecule is O=C(CSCc1ccccc1Cl)N1CCCC[C@@H]1CN1CCOCC1. The number of hydrogen-bond donors (Lipinski definition) is 0. The largest absolute Gasteiger partial charge is 0.379 e. The summed E-state index contributed by atoms with van der Waals surface area (Å²) in [5, 5.41) is 0.783. The molecule has 2 fully saturated rings. The minimum absolute atomic E-state index is 0.273. The van der Waals surface area contributed by atoms with Crippen LogP contribution in [0.1, 0.15) is 24.8 Å². The van der Waals surface area contributed by atoms with Gasteiger partial charge in [0.25, 0.3) is 0 Å². The monoisotopic (exact) mass is 382 g/mol. The van der Waals surface area contributed by atoms with Crippen LogP contribution in [-0.4, -0.2) is 66.9 Å². The summed E-state index contributed by atoms with van der Waals surface area (Å²) in [5.41, 5.74) is 1.10. The predicted molar refractivity (Wildman–Crippen MR) is 104 cm³/mol. The van der Waals surface area contributed by atoms with Crippen LogP contribution >= 0.6 is 23.4 Å². The van der Waals surface area contributed by atoms with E-state index in [9.17, 15) is 4.79 Å².